The van der Waals surface area contributed by atoms with Crippen LogP contribution in [0.2, 0.25) is 0 Å². The average molecular weight is 180 g/mol. The first-order chi connectivity index (χ1) is 5.20. The molecule has 0 bridgehead atoms. The van der Waals surface area contributed by atoms with E-state index < -0.39 is 24.6 Å². The molecule has 0 aromatic rings. The van der Waals surface area contributed by atoms with Crippen molar-refractivity contribution in [2.24, 2.45) is 0 Å². The molecule has 1 aliphatic heterocycles. The van der Waals surface area contributed by atoms with Crippen LogP contribution in [-0.2, 0) is 9.47 Å². The Morgan fingerprint density at radius 2 is 1.92 bits per heavy atom. The summed E-state index contributed by atoms with van der Waals surface area (Å²) in [5, 5.41) is 26.9. The van der Waals surface area contributed by atoms with Gasteiger partial charge in [0.05, 0.1) is 6.61 Å². The zero-order valence-corrected chi connectivity index (χ0v) is 6.17. The molecular formula is C7H16O5. The third kappa shape index (κ3) is 1.94. The maximum absolute atomic E-state index is 9.15. The lowest BCUT2D eigenvalue weighted by Crippen LogP contribution is -2.34. The van der Waals surface area contributed by atoms with E-state index in [0.717, 1.165) is 0 Å². The van der Waals surface area contributed by atoms with Crippen LogP contribution in [0.4, 0.5) is 0 Å². The van der Waals surface area contributed by atoms with Crippen molar-refractivity contribution in [1.29, 1.82) is 0 Å². The van der Waals surface area contributed by atoms with Crippen molar-refractivity contribution in [2.75, 3.05) is 13.7 Å². The van der Waals surface area contributed by atoms with Crippen LogP contribution in [0.3, 0.4) is 0 Å². The van der Waals surface area contributed by atoms with Gasteiger partial charge in [-0.15, -0.1) is 0 Å². The molecule has 5 heteroatoms. The number of methoxy groups -OCH3 is 1. The highest BCUT2D eigenvalue weighted by molar-refractivity contribution is 4.85. The monoisotopic (exact) mass is 180 g/mol. The lowest BCUT2D eigenvalue weighted by molar-refractivity contribution is -0.153. The molecule has 1 fully saturated rings. The fourth-order valence-corrected chi connectivity index (χ4v) is 1.06. The second-order valence-corrected chi connectivity index (χ2v) is 2.44. The largest absolute Gasteiger partial charge is 0.394 e. The maximum Gasteiger partial charge on any atom is 0.186 e. The topological polar surface area (TPSA) is 79.2 Å². The Bertz CT molecular complexity index is 111. The van der Waals surface area contributed by atoms with Crippen molar-refractivity contribution >= 4 is 0 Å². The standard InChI is InChI=1S/C6H12O5.CH4/c1-10-6-5(9)4(8)3(2-7)11-6;/h3-9H,2H2,1H3;1H4/t3-,4?,5+,6-;/m1./s1. The first kappa shape index (κ1) is 11.8. The summed E-state index contributed by atoms with van der Waals surface area (Å²) in [5.41, 5.74) is 0. The van der Waals surface area contributed by atoms with Gasteiger partial charge in [-0.1, -0.05) is 7.43 Å². The summed E-state index contributed by atoms with van der Waals surface area (Å²) in [6.07, 6.45) is -3.71. The molecule has 12 heavy (non-hydrogen) atoms. The number of aliphatic hydroxyl groups is 3. The van der Waals surface area contributed by atoms with Crippen molar-refractivity contribution in [3.8, 4) is 0 Å². The van der Waals surface area contributed by atoms with Gasteiger partial charge in [0.1, 0.15) is 18.3 Å². The molecule has 0 aliphatic carbocycles. The molecule has 0 aromatic heterocycles. The van der Waals surface area contributed by atoms with Gasteiger partial charge in [0.25, 0.3) is 0 Å². The van der Waals surface area contributed by atoms with Crippen molar-refractivity contribution in [3.63, 3.8) is 0 Å². The van der Waals surface area contributed by atoms with Gasteiger partial charge in [-0.3, -0.25) is 0 Å². The third-order valence-electron chi connectivity index (χ3n) is 1.73. The Morgan fingerprint density at radius 3 is 2.17 bits per heavy atom. The minimum Gasteiger partial charge on any atom is -0.394 e. The van der Waals surface area contributed by atoms with Crippen molar-refractivity contribution < 1.29 is 24.8 Å². The molecule has 0 radical (unpaired) electrons. The van der Waals surface area contributed by atoms with Gasteiger partial charge in [-0.25, -0.2) is 0 Å². The summed E-state index contributed by atoms with van der Waals surface area (Å²) in [5.74, 6) is 0. The van der Waals surface area contributed by atoms with E-state index in [2.05, 4.69) is 4.74 Å². The smallest absolute Gasteiger partial charge is 0.186 e. The van der Waals surface area contributed by atoms with Gasteiger partial charge < -0.3 is 24.8 Å². The molecule has 1 rings (SSSR count). The fourth-order valence-electron chi connectivity index (χ4n) is 1.06. The predicted octanol–water partition coefficient (Wildman–Crippen LogP) is -1.29. The number of hydrogen-bond donors (Lipinski definition) is 3. The Labute approximate surface area is 71.5 Å². The molecule has 1 heterocycles. The van der Waals surface area contributed by atoms with E-state index in [-0.39, 0.29) is 14.0 Å². The predicted molar refractivity (Wildman–Crippen MR) is 41.5 cm³/mol. The highest BCUT2D eigenvalue weighted by atomic mass is 16.7. The molecule has 0 spiro atoms. The lowest BCUT2D eigenvalue weighted by Gasteiger charge is -2.11. The van der Waals surface area contributed by atoms with E-state index in [1.807, 2.05) is 0 Å². The molecule has 1 saturated heterocycles. The molecule has 0 saturated carbocycles. The lowest BCUT2D eigenvalue weighted by atomic mass is 10.1. The third-order valence-corrected chi connectivity index (χ3v) is 1.73. The highest BCUT2D eigenvalue weighted by Crippen LogP contribution is 2.20. The van der Waals surface area contributed by atoms with Crippen LogP contribution in [-0.4, -0.2) is 53.6 Å². The zero-order valence-electron chi connectivity index (χ0n) is 6.17. The summed E-state index contributed by atoms with van der Waals surface area (Å²) < 4.78 is 9.59. The van der Waals surface area contributed by atoms with Gasteiger partial charge in [0.15, 0.2) is 6.29 Å². The van der Waals surface area contributed by atoms with E-state index in [1.165, 1.54) is 7.11 Å². The quantitative estimate of drug-likeness (QED) is 0.492. The van der Waals surface area contributed by atoms with Gasteiger partial charge >= 0.3 is 0 Å². The first-order valence-electron chi connectivity index (χ1n) is 3.36. The molecule has 74 valence electrons. The molecule has 4 atom stereocenters. The van der Waals surface area contributed by atoms with E-state index in [1.54, 1.807) is 0 Å². The highest BCUT2D eigenvalue weighted by Gasteiger charge is 2.42. The number of hydrogen-bond acceptors (Lipinski definition) is 5. The van der Waals surface area contributed by atoms with Crippen molar-refractivity contribution in [3.05, 3.63) is 0 Å². The minimum absolute atomic E-state index is 0. The zero-order chi connectivity index (χ0) is 8.43. The minimum atomic E-state index is -1.07. The molecule has 5 nitrogen and oxygen atoms in total. The van der Waals surface area contributed by atoms with Crippen molar-refractivity contribution in [1.82, 2.24) is 0 Å². The van der Waals surface area contributed by atoms with Gasteiger partial charge in [-0.2, -0.15) is 0 Å². The second kappa shape index (κ2) is 4.74. The van der Waals surface area contributed by atoms with Crippen LogP contribution in [0.5, 0.6) is 0 Å². The van der Waals surface area contributed by atoms with Crippen LogP contribution >= 0.6 is 0 Å². The van der Waals surface area contributed by atoms with Crippen molar-refractivity contribution in [2.45, 2.75) is 32.0 Å². The van der Waals surface area contributed by atoms with Crippen LogP contribution in [0, 0.1) is 0 Å². The first-order valence-corrected chi connectivity index (χ1v) is 3.36. The average Bonchev–Trinajstić information content (AvgIpc) is 2.30. The van der Waals surface area contributed by atoms with Crippen LogP contribution in [0.1, 0.15) is 7.43 Å². The van der Waals surface area contributed by atoms with Crippen LogP contribution in [0.25, 0.3) is 0 Å². The summed E-state index contributed by atoms with van der Waals surface area (Å²) >= 11 is 0. The van der Waals surface area contributed by atoms with E-state index >= 15 is 0 Å². The normalized spacial score (nSPS) is 41.0. The summed E-state index contributed by atoms with van der Waals surface area (Å²) in [6.45, 7) is -0.321. The van der Waals surface area contributed by atoms with Gasteiger partial charge in [0, 0.05) is 7.11 Å². The van der Waals surface area contributed by atoms with Crippen LogP contribution < -0.4 is 0 Å². The molecular weight excluding hydrogens is 164 g/mol. The Kier molecular flexibility index (Phi) is 4.66. The Hall–Kier alpha value is -0.200. The Balaban J connectivity index is 0.00000121. The molecule has 0 amide bonds. The number of ether oxygens (including phenoxy) is 2. The van der Waals surface area contributed by atoms with Gasteiger partial charge in [-0.05, 0) is 0 Å². The van der Waals surface area contributed by atoms with E-state index in [4.69, 9.17) is 20.1 Å². The van der Waals surface area contributed by atoms with E-state index in [9.17, 15) is 0 Å². The summed E-state index contributed by atoms with van der Waals surface area (Å²) in [4.78, 5) is 0. The second-order valence-electron chi connectivity index (χ2n) is 2.44. The fraction of sp³-hybridized carbons (Fsp3) is 1.00. The molecule has 1 unspecified atom stereocenters. The summed E-state index contributed by atoms with van der Waals surface area (Å²) in [7, 11) is 1.36. The maximum atomic E-state index is 9.15. The van der Waals surface area contributed by atoms with E-state index in [0.29, 0.717) is 0 Å². The Morgan fingerprint density at radius 1 is 1.33 bits per heavy atom. The number of rotatable bonds is 2. The number of aliphatic hydroxyl groups excluding tert-OH is 3. The molecule has 3 N–H and O–H groups in total. The SMILES string of the molecule is C.CO[C@@H]1O[C@H](CO)C(O)[C@@H]1O. The summed E-state index contributed by atoms with van der Waals surface area (Å²) in [6, 6.07) is 0. The molecule has 0 aromatic carbocycles. The molecule has 1 aliphatic rings. The van der Waals surface area contributed by atoms with Gasteiger partial charge in [0.2, 0.25) is 0 Å². The van der Waals surface area contributed by atoms with Crippen LogP contribution in [0.15, 0.2) is 0 Å².